The van der Waals surface area contributed by atoms with Crippen molar-refractivity contribution in [2.24, 2.45) is 0 Å². The van der Waals surface area contributed by atoms with Gasteiger partial charge in [0.2, 0.25) is 0 Å². The van der Waals surface area contributed by atoms with Gasteiger partial charge in [-0.25, -0.2) is 0 Å². The van der Waals surface area contributed by atoms with Crippen molar-refractivity contribution < 1.29 is 0 Å². The summed E-state index contributed by atoms with van der Waals surface area (Å²) in [5.74, 6) is 0. The zero-order valence-corrected chi connectivity index (χ0v) is 12.3. The molecule has 0 spiro atoms. The summed E-state index contributed by atoms with van der Waals surface area (Å²) in [6, 6.07) is 8.09. The fourth-order valence-corrected chi connectivity index (χ4v) is 11.7. The molecule has 0 nitrogen and oxygen atoms in total. The molecule has 0 aromatic heterocycles. The molecule has 0 radical (unpaired) electrons. The van der Waals surface area contributed by atoms with Crippen molar-refractivity contribution in [3.05, 3.63) is 33.4 Å². The number of rotatable bonds is 0. The molecular weight excluding hydrogens is 387 g/mol. The second kappa shape index (κ2) is 3.43. The molecule has 1 heterocycles. The van der Waals surface area contributed by atoms with Gasteiger partial charge in [0.25, 0.3) is 0 Å². The minimum atomic E-state index is -2.90. The van der Waals surface area contributed by atoms with Gasteiger partial charge in [-0.3, -0.25) is 0 Å². The second-order valence-corrected chi connectivity index (χ2v) is 16.6. The van der Waals surface area contributed by atoms with Crippen LogP contribution in [0, 0.1) is 0 Å². The van der Waals surface area contributed by atoms with Crippen molar-refractivity contribution in [2.75, 3.05) is 0 Å². The van der Waals surface area contributed by atoms with Crippen LogP contribution in [0.3, 0.4) is 0 Å². The zero-order valence-electron chi connectivity index (χ0n) is 6.85. The number of hydrogen-bond donors (Lipinski definition) is 0. The first-order valence-electron chi connectivity index (χ1n) is 3.73. The molecule has 0 bridgehead atoms. The van der Waals surface area contributed by atoms with E-state index in [1.807, 2.05) is 25.1 Å². The Labute approximate surface area is 97.3 Å². The van der Waals surface area contributed by atoms with Crippen molar-refractivity contribution in [2.45, 2.75) is 6.92 Å². The van der Waals surface area contributed by atoms with E-state index in [1.54, 1.807) is 0 Å². The molecule has 0 fully saturated rings. The SMILES string of the molecule is CC1=C(Br)c2ccccc2[Te]1(Cl)Cl. The monoisotopic (exact) mass is 394 g/mol. The fourth-order valence-electron chi connectivity index (χ4n) is 1.34. The van der Waals surface area contributed by atoms with E-state index in [4.69, 9.17) is 17.9 Å². The molecule has 0 saturated heterocycles. The molecule has 4 heteroatoms. The van der Waals surface area contributed by atoms with E-state index >= 15 is 0 Å². The topological polar surface area (TPSA) is 0 Å². The number of fused-ring (bicyclic) bond motifs is 1. The molecule has 0 unspecified atom stereocenters. The molecule has 13 heavy (non-hydrogen) atoms. The average molecular weight is 394 g/mol. The van der Waals surface area contributed by atoms with Gasteiger partial charge in [-0.1, -0.05) is 0 Å². The van der Waals surface area contributed by atoms with Crippen LogP contribution in [-0.2, 0) is 0 Å². The maximum atomic E-state index is 6.41. The molecule has 1 aromatic carbocycles. The Bertz CT molecular complexity index is 398. The summed E-state index contributed by atoms with van der Waals surface area (Å²) >= 11 is 0.640. The molecule has 0 N–H and O–H groups in total. The van der Waals surface area contributed by atoms with Gasteiger partial charge in [-0.05, 0) is 0 Å². The van der Waals surface area contributed by atoms with E-state index in [-0.39, 0.29) is 0 Å². The summed E-state index contributed by atoms with van der Waals surface area (Å²) in [5.41, 5.74) is 1.17. The first-order chi connectivity index (χ1) is 6.05. The molecule has 0 saturated carbocycles. The first-order valence-corrected chi connectivity index (χ1v) is 12.8. The van der Waals surface area contributed by atoms with E-state index in [9.17, 15) is 0 Å². The van der Waals surface area contributed by atoms with Crippen LogP contribution < -0.4 is 3.61 Å². The van der Waals surface area contributed by atoms with Gasteiger partial charge in [0, 0.05) is 0 Å². The van der Waals surface area contributed by atoms with Crippen molar-refractivity contribution in [3.63, 3.8) is 0 Å². The molecule has 70 valence electrons. The molecular formula is C9H7BrCl2Te. The Morgan fingerprint density at radius 1 is 1.23 bits per heavy atom. The van der Waals surface area contributed by atoms with E-state index in [1.165, 1.54) is 5.56 Å². The van der Waals surface area contributed by atoms with Crippen molar-refractivity contribution in [1.82, 2.24) is 0 Å². The normalized spacial score (nSPS) is 21.5. The predicted molar refractivity (Wildman–Crippen MR) is 65.1 cm³/mol. The fraction of sp³-hybridized carbons (Fsp3) is 0.111. The van der Waals surface area contributed by atoms with Gasteiger partial charge in [0.05, 0.1) is 0 Å². The molecule has 2 rings (SSSR count). The molecule has 0 atom stereocenters. The quantitative estimate of drug-likeness (QED) is 0.592. The third-order valence-corrected chi connectivity index (χ3v) is 14.6. The molecule has 0 aliphatic carbocycles. The third-order valence-electron chi connectivity index (χ3n) is 2.09. The summed E-state index contributed by atoms with van der Waals surface area (Å²) in [6.07, 6.45) is 0. The average Bonchev–Trinajstić information content (AvgIpc) is 2.30. The van der Waals surface area contributed by atoms with Gasteiger partial charge in [-0.15, -0.1) is 0 Å². The molecule has 1 aliphatic rings. The molecule has 1 aromatic rings. The van der Waals surface area contributed by atoms with Gasteiger partial charge in [-0.2, -0.15) is 0 Å². The summed E-state index contributed by atoms with van der Waals surface area (Å²) in [7, 11) is 12.8. The van der Waals surface area contributed by atoms with E-state index < -0.39 is 15.9 Å². The van der Waals surface area contributed by atoms with Crippen molar-refractivity contribution in [1.29, 1.82) is 0 Å². The maximum absolute atomic E-state index is 6.41. The van der Waals surface area contributed by atoms with Gasteiger partial charge in [0.1, 0.15) is 0 Å². The van der Waals surface area contributed by atoms with Crippen LogP contribution in [-0.4, -0.2) is 15.9 Å². The Hall–Kier alpha value is 0.810. The van der Waals surface area contributed by atoms with Crippen molar-refractivity contribution >= 4 is 57.9 Å². The summed E-state index contributed by atoms with van der Waals surface area (Å²) < 4.78 is 3.39. The zero-order chi connectivity index (χ0) is 9.64. The van der Waals surface area contributed by atoms with Gasteiger partial charge in [0.15, 0.2) is 0 Å². The molecule has 0 amide bonds. The van der Waals surface area contributed by atoms with Crippen LogP contribution in [0.25, 0.3) is 4.48 Å². The first kappa shape index (κ1) is 10.3. The van der Waals surface area contributed by atoms with Crippen molar-refractivity contribution in [3.8, 4) is 0 Å². The molecule has 1 aliphatic heterocycles. The number of allylic oxidation sites excluding steroid dienone is 1. The number of halogens is 3. The van der Waals surface area contributed by atoms with Crippen LogP contribution in [0.15, 0.2) is 27.9 Å². The Morgan fingerprint density at radius 3 is 2.46 bits per heavy atom. The van der Waals surface area contributed by atoms with Crippen LogP contribution in [0.1, 0.15) is 12.5 Å². The summed E-state index contributed by atoms with van der Waals surface area (Å²) in [4.78, 5) is 0. The third kappa shape index (κ3) is 1.48. The minimum absolute atomic E-state index is 1.09. The summed E-state index contributed by atoms with van der Waals surface area (Å²) in [6.45, 7) is 2.02. The van der Waals surface area contributed by atoms with Gasteiger partial charge >= 0.3 is 98.3 Å². The summed E-state index contributed by atoms with van der Waals surface area (Å²) in [5, 5.41) is 0. The van der Waals surface area contributed by atoms with E-state index in [0.717, 1.165) is 11.7 Å². The van der Waals surface area contributed by atoms with Crippen LogP contribution in [0.2, 0.25) is 0 Å². The predicted octanol–water partition coefficient (Wildman–Crippen LogP) is 3.49. The van der Waals surface area contributed by atoms with Crippen LogP contribution in [0.5, 0.6) is 0 Å². The number of hydrogen-bond acceptors (Lipinski definition) is 0. The Balaban J connectivity index is 2.74. The van der Waals surface area contributed by atoms with E-state index in [0.29, 0.717) is 0 Å². The Kier molecular flexibility index (Phi) is 2.73. The van der Waals surface area contributed by atoms with Crippen LogP contribution in [0.4, 0.5) is 0 Å². The second-order valence-electron chi connectivity index (χ2n) is 2.84. The van der Waals surface area contributed by atoms with Gasteiger partial charge < -0.3 is 0 Å². The standard InChI is InChI=1S/C9H7BrCl2Te/c1-6-9(10)7-4-2-3-5-8(7)13(6,11)12/h2-5H,1H3. The number of benzene rings is 1. The Morgan fingerprint density at radius 2 is 1.85 bits per heavy atom. The van der Waals surface area contributed by atoms with Crippen LogP contribution >= 0.6 is 33.9 Å². The van der Waals surface area contributed by atoms with E-state index in [2.05, 4.69) is 22.0 Å².